The quantitative estimate of drug-likeness (QED) is 0.475. The number of rotatable bonds is 11. The summed E-state index contributed by atoms with van der Waals surface area (Å²) < 4.78 is 1.72. The van der Waals surface area contributed by atoms with Crippen LogP contribution in [0.3, 0.4) is 0 Å². The summed E-state index contributed by atoms with van der Waals surface area (Å²) in [7, 11) is 0. The molecule has 3 rings (SSSR count). The van der Waals surface area contributed by atoms with Crippen molar-refractivity contribution in [3.63, 3.8) is 0 Å². The van der Waals surface area contributed by atoms with Crippen LogP contribution in [0.2, 0.25) is 0 Å². The van der Waals surface area contributed by atoms with Crippen molar-refractivity contribution in [3.8, 4) is 5.69 Å². The lowest BCUT2D eigenvalue weighted by molar-refractivity contribution is 0.0943. The van der Waals surface area contributed by atoms with E-state index in [0.29, 0.717) is 12.2 Å². The largest absolute Gasteiger partial charge is 0.351 e. The first-order chi connectivity index (χ1) is 14.7. The van der Waals surface area contributed by atoms with Gasteiger partial charge in [-0.15, -0.1) is 0 Å². The fraction of sp³-hybridized carbons (Fsp3) is 0.360. The third-order valence-electron chi connectivity index (χ3n) is 5.08. The number of unbranched alkanes of at least 4 members (excludes halogenated alkanes) is 1. The third-order valence-corrected chi connectivity index (χ3v) is 5.08. The zero-order valence-corrected chi connectivity index (χ0v) is 18.1. The molecule has 158 valence electrons. The number of carbonyl (C=O) groups excluding carboxylic acids is 1. The van der Waals surface area contributed by atoms with Gasteiger partial charge < -0.3 is 5.32 Å². The number of amides is 1. The SMILES string of the molecule is CCCCN(CCCNC(=O)c1cc(C)nn1-c1ccccc1)Cc1ccccc1. The number of benzene rings is 2. The maximum absolute atomic E-state index is 12.8. The standard InChI is InChI=1S/C25H32N4O/c1-3-4-17-28(20-22-12-7-5-8-13-22)18-11-16-26-25(30)24-19-21(2)27-29(24)23-14-9-6-10-15-23/h5-10,12-15,19H,3-4,11,16-18,20H2,1-2H3,(H,26,30). The minimum absolute atomic E-state index is 0.0809. The van der Waals surface area contributed by atoms with Gasteiger partial charge >= 0.3 is 0 Å². The summed E-state index contributed by atoms with van der Waals surface area (Å²) in [5.41, 5.74) is 3.63. The molecule has 5 nitrogen and oxygen atoms in total. The van der Waals surface area contributed by atoms with Crippen LogP contribution in [0.1, 0.15) is 47.9 Å². The molecule has 2 aromatic carbocycles. The topological polar surface area (TPSA) is 50.2 Å². The molecule has 1 amide bonds. The van der Waals surface area contributed by atoms with Gasteiger partial charge in [0.2, 0.25) is 0 Å². The van der Waals surface area contributed by atoms with Gasteiger partial charge in [-0.25, -0.2) is 4.68 Å². The molecule has 30 heavy (non-hydrogen) atoms. The molecular weight excluding hydrogens is 372 g/mol. The Bertz CT molecular complexity index is 905. The highest BCUT2D eigenvalue weighted by Crippen LogP contribution is 2.12. The Kier molecular flexibility index (Phi) is 8.21. The summed E-state index contributed by atoms with van der Waals surface area (Å²) in [6, 6.07) is 22.2. The molecule has 1 heterocycles. The van der Waals surface area contributed by atoms with Crippen molar-refractivity contribution >= 4 is 5.91 Å². The van der Waals surface area contributed by atoms with E-state index in [1.54, 1.807) is 4.68 Å². The lowest BCUT2D eigenvalue weighted by Crippen LogP contribution is -2.31. The summed E-state index contributed by atoms with van der Waals surface area (Å²) in [5.74, 6) is -0.0809. The summed E-state index contributed by atoms with van der Waals surface area (Å²) in [6.07, 6.45) is 3.29. The maximum atomic E-state index is 12.8. The molecule has 0 saturated heterocycles. The van der Waals surface area contributed by atoms with Gasteiger partial charge in [-0.2, -0.15) is 5.10 Å². The van der Waals surface area contributed by atoms with Gasteiger partial charge in [0.15, 0.2) is 0 Å². The average molecular weight is 405 g/mol. The van der Waals surface area contributed by atoms with Gasteiger partial charge in [-0.05, 0) is 50.1 Å². The molecule has 1 N–H and O–H groups in total. The Morgan fingerprint density at radius 3 is 2.37 bits per heavy atom. The molecule has 5 heteroatoms. The van der Waals surface area contributed by atoms with Crippen LogP contribution in [0.15, 0.2) is 66.7 Å². The van der Waals surface area contributed by atoms with Crippen molar-refractivity contribution in [1.29, 1.82) is 0 Å². The molecule has 3 aromatic rings. The fourth-order valence-electron chi connectivity index (χ4n) is 3.52. The first-order valence-corrected chi connectivity index (χ1v) is 10.8. The number of aryl methyl sites for hydroxylation is 1. The van der Waals surface area contributed by atoms with Gasteiger partial charge in [0, 0.05) is 19.6 Å². The minimum Gasteiger partial charge on any atom is -0.351 e. The molecule has 0 aliphatic heterocycles. The van der Waals surface area contributed by atoms with E-state index in [2.05, 4.69) is 52.6 Å². The third kappa shape index (κ3) is 6.29. The van der Waals surface area contributed by atoms with Crippen molar-refractivity contribution < 1.29 is 4.79 Å². The van der Waals surface area contributed by atoms with Crippen LogP contribution in [-0.4, -0.2) is 40.2 Å². The van der Waals surface area contributed by atoms with Crippen LogP contribution in [0.25, 0.3) is 5.69 Å². The molecule has 0 saturated carbocycles. The Hall–Kier alpha value is -2.92. The predicted molar refractivity (Wildman–Crippen MR) is 122 cm³/mol. The molecule has 0 radical (unpaired) electrons. The van der Waals surface area contributed by atoms with Crippen molar-refractivity contribution in [1.82, 2.24) is 20.0 Å². The molecule has 0 fully saturated rings. The Morgan fingerprint density at radius 1 is 1.00 bits per heavy atom. The van der Waals surface area contributed by atoms with Crippen LogP contribution < -0.4 is 5.32 Å². The minimum atomic E-state index is -0.0809. The number of aromatic nitrogens is 2. The van der Waals surface area contributed by atoms with Crippen LogP contribution >= 0.6 is 0 Å². The molecule has 0 aliphatic carbocycles. The first-order valence-electron chi connectivity index (χ1n) is 10.8. The number of nitrogens with one attached hydrogen (secondary N) is 1. The lowest BCUT2D eigenvalue weighted by atomic mass is 10.2. The predicted octanol–water partition coefficient (Wildman–Crippen LogP) is 4.60. The molecule has 0 atom stereocenters. The normalized spacial score (nSPS) is 11.0. The second-order valence-electron chi connectivity index (χ2n) is 7.64. The highest BCUT2D eigenvalue weighted by atomic mass is 16.2. The highest BCUT2D eigenvalue weighted by Gasteiger charge is 2.15. The molecule has 0 unspecified atom stereocenters. The first kappa shape index (κ1) is 21.8. The van der Waals surface area contributed by atoms with E-state index in [1.165, 1.54) is 18.4 Å². The second kappa shape index (κ2) is 11.3. The van der Waals surface area contributed by atoms with Crippen molar-refractivity contribution in [3.05, 3.63) is 83.7 Å². The summed E-state index contributed by atoms with van der Waals surface area (Å²) in [6.45, 7) is 7.78. The molecule has 0 spiro atoms. The van der Waals surface area contributed by atoms with E-state index in [0.717, 1.165) is 37.4 Å². The Balaban J connectivity index is 1.53. The summed E-state index contributed by atoms with van der Waals surface area (Å²) >= 11 is 0. The smallest absolute Gasteiger partial charge is 0.270 e. The van der Waals surface area contributed by atoms with E-state index >= 15 is 0 Å². The summed E-state index contributed by atoms with van der Waals surface area (Å²) in [4.78, 5) is 15.2. The van der Waals surface area contributed by atoms with E-state index in [1.807, 2.05) is 43.3 Å². The number of hydrogen-bond donors (Lipinski definition) is 1. The number of carbonyl (C=O) groups is 1. The fourth-order valence-corrected chi connectivity index (χ4v) is 3.52. The number of hydrogen-bond acceptors (Lipinski definition) is 3. The number of nitrogens with zero attached hydrogens (tertiary/aromatic N) is 3. The van der Waals surface area contributed by atoms with Crippen LogP contribution in [-0.2, 0) is 6.54 Å². The van der Waals surface area contributed by atoms with Gasteiger partial charge in [0.05, 0.1) is 11.4 Å². The van der Waals surface area contributed by atoms with Crippen molar-refractivity contribution in [2.75, 3.05) is 19.6 Å². The van der Waals surface area contributed by atoms with Gasteiger partial charge in [0.1, 0.15) is 5.69 Å². The number of para-hydroxylation sites is 1. The zero-order chi connectivity index (χ0) is 21.2. The monoisotopic (exact) mass is 404 g/mol. The lowest BCUT2D eigenvalue weighted by Gasteiger charge is -2.22. The van der Waals surface area contributed by atoms with E-state index in [-0.39, 0.29) is 5.91 Å². The van der Waals surface area contributed by atoms with Gasteiger partial charge in [-0.1, -0.05) is 61.9 Å². The molecular formula is C25H32N4O. The van der Waals surface area contributed by atoms with E-state index < -0.39 is 0 Å². The van der Waals surface area contributed by atoms with Crippen molar-refractivity contribution in [2.24, 2.45) is 0 Å². The van der Waals surface area contributed by atoms with E-state index in [9.17, 15) is 4.79 Å². The Morgan fingerprint density at radius 2 is 1.67 bits per heavy atom. The average Bonchev–Trinajstić information content (AvgIpc) is 3.18. The van der Waals surface area contributed by atoms with E-state index in [4.69, 9.17) is 0 Å². The summed E-state index contributed by atoms with van der Waals surface area (Å²) in [5, 5.41) is 7.56. The zero-order valence-electron chi connectivity index (χ0n) is 18.1. The molecule has 1 aromatic heterocycles. The van der Waals surface area contributed by atoms with Crippen LogP contribution in [0.5, 0.6) is 0 Å². The maximum Gasteiger partial charge on any atom is 0.270 e. The molecule has 0 aliphatic rings. The van der Waals surface area contributed by atoms with Gasteiger partial charge in [-0.3, -0.25) is 9.69 Å². The van der Waals surface area contributed by atoms with Crippen LogP contribution in [0.4, 0.5) is 0 Å². The highest BCUT2D eigenvalue weighted by molar-refractivity contribution is 5.93. The second-order valence-corrected chi connectivity index (χ2v) is 7.64. The Labute approximate surface area is 179 Å². The molecule has 0 bridgehead atoms. The van der Waals surface area contributed by atoms with Crippen molar-refractivity contribution in [2.45, 2.75) is 39.7 Å². The van der Waals surface area contributed by atoms with Gasteiger partial charge in [0.25, 0.3) is 5.91 Å². The van der Waals surface area contributed by atoms with Crippen LogP contribution in [0, 0.1) is 6.92 Å².